The van der Waals surface area contributed by atoms with Gasteiger partial charge in [0.1, 0.15) is 5.82 Å². The Morgan fingerprint density at radius 1 is 0.955 bits per heavy atom. The van der Waals surface area contributed by atoms with Crippen LogP contribution in [0.1, 0.15) is 50.2 Å². The lowest BCUT2D eigenvalue weighted by atomic mass is 9.94. The fourth-order valence-corrected chi connectivity index (χ4v) is 5.78. The van der Waals surface area contributed by atoms with Crippen LogP contribution in [-0.2, 0) is 5.67 Å². The third kappa shape index (κ3) is 6.46. The van der Waals surface area contributed by atoms with Gasteiger partial charge in [-0.1, -0.05) is 0 Å². The minimum Gasteiger partial charge on any atom is -0.320 e. The maximum Gasteiger partial charge on any atom is 0.435 e. The van der Waals surface area contributed by atoms with Crippen molar-refractivity contribution in [3.05, 3.63) is 91.1 Å². The first-order chi connectivity index (χ1) is 20.4. The highest BCUT2D eigenvalue weighted by Gasteiger charge is 2.73. The van der Waals surface area contributed by atoms with Gasteiger partial charge in [-0.15, -0.1) is 0 Å². The molecule has 0 aromatic heterocycles. The molecule has 5 nitrogen and oxygen atoms in total. The van der Waals surface area contributed by atoms with Crippen LogP contribution in [0.25, 0.3) is 0 Å². The molecule has 0 atom stereocenters. The minimum absolute atomic E-state index is 0.0796. The van der Waals surface area contributed by atoms with Crippen LogP contribution in [0.4, 0.5) is 46.5 Å². The molecule has 0 unspecified atom stereocenters. The summed E-state index contributed by atoms with van der Waals surface area (Å²) < 4.78 is 108. The highest BCUT2D eigenvalue weighted by molar-refractivity contribution is 9.11. The van der Waals surface area contributed by atoms with Crippen LogP contribution >= 0.6 is 31.9 Å². The standard InChI is InChI=1S/C29H19Br2F8N3O2/c1-14-8-16(12-40)4-6-19(14)26(44)42(13-15-2-3-15)23-9-17(5-7-22(23)32)25(43)41-24-20(30)10-18(11-21(24)31)27(33,28(34,35)36)29(37,38)39/h4-11,15H,2-3,13H2,1H3,(H,41,43). The van der Waals surface area contributed by atoms with Crippen LogP contribution in [-0.4, -0.2) is 30.7 Å². The molecule has 15 heteroatoms. The first kappa shape index (κ1) is 33.4. The zero-order valence-electron chi connectivity index (χ0n) is 22.3. The van der Waals surface area contributed by atoms with Crippen LogP contribution in [0.3, 0.4) is 0 Å². The van der Waals surface area contributed by atoms with E-state index in [1.54, 1.807) is 6.92 Å². The Morgan fingerprint density at radius 3 is 2.05 bits per heavy atom. The number of nitrogens with one attached hydrogen (secondary N) is 1. The maximum absolute atomic E-state index is 15.2. The van der Waals surface area contributed by atoms with Gasteiger partial charge >= 0.3 is 18.0 Å². The van der Waals surface area contributed by atoms with E-state index in [0.29, 0.717) is 11.1 Å². The fourth-order valence-electron chi connectivity index (χ4n) is 4.39. The molecule has 1 aliphatic rings. The number of alkyl halides is 7. The van der Waals surface area contributed by atoms with Crippen molar-refractivity contribution < 1.29 is 44.7 Å². The van der Waals surface area contributed by atoms with Crippen molar-refractivity contribution >= 4 is 55.0 Å². The number of halogens is 10. The van der Waals surface area contributed by atoms with E-state index in [2.05, 4.69) is 37.2 Å². The van der Waals surface area contributed by atoms with Crippen LogP contribution < -0.4 is 10.2 Å². The highest BCUT2D eigenvalue weighted by Crippen LogP contribution is 2.54. The first-order valence-corrected chi connectivity index (χ1v) is 14.2. The van der Waals surface area contributed by atoms with E-state index < -0.39 is 50.2 Å². The van der Waals surface area contributed by atoms with Crippen LogP contribution in [0.2, 0.25) is 0 Å². The maximum atomic E-state index is 15.2. The molecule has 3 aromatic rings. The SMILES string of the molecule is Cc1cc(C#N)ccc1C(=O)N(CC1CC1)c1cc(C(=O)Nc2c(Br)cc(C(F)(C(F)(F)F)C(F)(F)F)cc2Br)ccc1F. The number of carbonyl (C=O) groups excluding carboxylic acids is 2. The number of nitriles is 1. The van der Waals surface area contributed by atoms with Crippen LogP contribution in [0, 0.1) is 30.0 Å². The number of benzene rings is 3. The second-order valence-corrected chi connectivity index (χ2v) is 11.8. The quantitative estimate of drug-likeness (QED) is 0.245. The molecular formula is C29H19Br2F8N3O2. The number of hydrogen-bond donors (Lipinski definition) is 1. The number of carbonyl (C=O) groups is 2. The number of amides is 2. The van der Waals surface area contributed by atoms with Gasteiger partial charge in [0.2, 0.25) is 0 Å². The molecule has 2 amide bonds. The summed E-state index contributed by atoms with van der Waals surface area (Å²) in [5, 5.41) is 11.4. The fraction of sp³-hybridized carbons (Fsp3) is 0.276. The number of aryl methyl sites for hydroxylation is 1. The van der Waals surface area contributed by atoms with E-state index in [1.807, 2.05) is 6.07 Å². The molecule has 3 aromatic carbocycles. The summed E-state index contributed by atoms with van der Waals surface area (Å²) >= 11 is 5.58. The van der Waals surface area contributed by atoms with Gasteiger partial charge < -0.3 is 10.2 Å². The third-order valence-corrected chi connectivity index (χ3v) is 8.18. The predicted octanol–water partition coefficient (Wildman–Crippen LogP) is 9.13. The average Bonchev–Trinajstić information content (AvgIpc) is 3.76. The Bertz CT molecular complexity index is 1640. The molecule has 1 N–H and O–H groups in total. The van der Waals surface area contributed by atoms with E-state index >= 15 is 4.39 Å². The van der Waals surface area contributed by atoms with E-state index in [1.165, 1.54) is 23.1 Å². The van der Waals surface area contributed by atoms with E-state index in [4.69, 9.17) is 5.26 Å². The summed E-state index contributed by atoms with van der Waals surface area (Å²) in [6, 6.07) is 9.91. The Labute approximate surface area is 262 Å². The van der Waals surface area contributed by atoms with Crippen molar-refractivity contribution in [1.29, 1.82) is 5.26 Å². The van der Waals surface area contributed by atoms with Gasteiger partial charge in [-0.05, 0) is 112 Å². The zero-order chi connectivity index (χ0) is 32.8. The number of rotatable bonds is 7. The molecule has 232 valence electrons. The molecule has 44 heavy (non-hydrogen) atoms. The Hall–Kier alpha value is -3.51. The normalized spacial score (nSPS) is 13.8. The Balaban J connectivity index is 1.68. The summed E-state index contributed by atoms with van der Waals surface area (Å²) in [6.45, 7) is 1.74. The molecule has 4 rings (SSSR count). The largest absolute Gasteiger partial charge is 0.435 e. The van der Waals surface area contributed by atoms with Gasteiger partial charge in [0, 0.05) is 32.2 Å². The Morgan fingerprint density at radius 2 is 1.55 bits per heavy atom. The van der Waals surface area contributed by atoms with Gasteiger partial charge in [-0.3, -0.25) is 9.59 Å². The highest BCUT2D eigenvalue weighted by atomic mass is 79.9. The van der Waals surface area contributed by atoms with Crippen LogP contribution in [0.15, 0.2) is 57.5 Å². The van der Waals surface area contributed by atoms with Crippen LogP contribution in [0.5, 0.6) is 0 Å². The molecule has 1 fully saturated rings. The topological polar surface area (TPSA) is 73.2 Å². The summed E-state index contributed by atoms with van der Waals surface area (Å²) in [5.41, 5.74) is -7.30. The second kappa shape index (κ2) is 12.1. The molecule has 1 saturated carbocycles. The number of anilines is 2. The number of nitrogens with zero attached hydrogens (tertiary/aromatic N) is 2. The average molecular weight is 753 g/mol. The first-order valence-electron chi connectivity index (χ1n) is 12.6. The molecule has 0 spiro atoms. The van der Waals surface area contributed by atoms with E-state index in [9.17, 15) is 40.3 Å². The third-order valence-electron chi connectivity index (χ3n) is 6.93. The van der Waals surface area contributed by atoms with Gasteiger partial charge in [0.25, 0.3) is 11.8 Å². The monoisotopic (exact) mass is 751 g/mol. The van der Waals surface area contributed by atoms with Crippen molar-refractivity contribution in [1.82, 2.24) is 0 Å². The molecule has 0 heterocycles. The zero-order valence-corrected chi connectivity index (χ0v) is 25.5. The van der Waals surface area contributed by atoms with Gasteiger partial charge in [0.05, 0.1) is 23.0 Å². The van der Waals surface area contributed by atoms with E-state index in [0.717, 1.165) is 31.0 Å². The summed E-state index contributed by atoms with van der Waals surface area (Å²) in [7, 11) is 0. The molecule has 0 bridgehead atoms. The van der Waals surface area contributed by atoms with Gasteiger partial charge in [-0.2, -0.15) is 31.6 Å². The molecule has 0 radical (unpaired) electrons. The lowest BCUT2D eigenvalue weighted by Gasteiger charge is -2.31. The lowest BCUT2D eigenvalue weighted by molar-refractivity contribution is -0.348. The summed E-state index contributed by atoms with van der Waals surface area (Å²) in [6.07, 6.45) is -11.1. The number of hydrogen-bond acceptors (Lipinski definition) is 3. The smallest absolute Gasteiger partial charge is 0.320 e. The molecule has 1 aliphatic carbocycles. The lowest BCUT2D eigenvalue weighted by Crippen LogP contribution is -2.50. The Kier molecular flexibility index (Phi) is 9.19. The minimum atomic E-state index is -6.35. The van der Waals surface area contributed by atoms with Crippen molar-refractivity contribution in [3.8, 4) is 6.07 Å². The van der Waals surface area contributed by atoms with Crippen molar-refractivity contribution in [2.45, 2.75) is 37.8 Å². The van der Waals surface area contributed by atoms with Gasteiger partial charge in [-0.25, -0.2) is 8.78 Å². The van der Waals surface area contributed by atoms with Gasteiger partial charge in [0.15, 0.2) is 0 Å². The van der Waals surface area contributed by atoms with Crippen molar-refractivity contribution in [3.63, 3.8) is 0 Å². The summed E-state index contributed by atoms with van der Waals surface area (Å²) in [4.78, 5) is 27.9. The van der Waals surface area contributed by atoms with Crippen molar-refractivity contribution in [2.75, 3.05) is 16.8 Å². The second-order valence-electron chi connectivity index (χ2n) is 10.1. The predicted molar refractivity (Wildman–Crippen MR) is 151 cm³/mol. The van der Waals surface area contributed by atoms with Crippen molar-refractivity contribution in [2.24, 2.45) is 5.92 Å². The summed E-state index contributed by atoms with van der Waals surface area (Å²) in [5.74, 6) is -2.31. The molecule has 0 aliphatic heterocycles. The van der Waals surface area contributed by atoms with E-state index in [-0.39, 0.29) is 47.1 Å². The molecule has 0 saturated heterocycles. The molecular weight excluding hydrogens is 734 g/mol.